The number of ether oxygens (including phenoxy) is 2. The Balaban J connectivity index is 1.89. The van der Waals surface area contributed by atoms with Crippen LogP contribution in [0.5, 0.6) is 11.5 Å². The summed E-state index contributed by atoms with van der Waals surface area (Å²) in [4.78, 5) is 27.4. The molecule has 190 valence electrons. The van der Waals surface area contributed by atoms with E-state index in [2.05, 4.69) is 5.32 Å². The van der Waals surface area contributed by atoms with E-state index in [0.29, 0.717) is 18.0 Å². The summed E-state index contributed by atoms with van der Waals surface area (Å²) in [7, 11) is -3.89. The van der Waals surface area contributed by atoms with Crippen molar-refractivity contribution in [1.82, 2.24) is 10.2 Å². The van der Waals surface area contributed by atoms with E-state index in [1.165, 1.54) is 42.2 Å². The molecule has 2 amide bonds. The van der Waals surface area contributed by atoms with Crippen LogP contribution in [0.25, 0.3) is 0 Å². The molecule has 0 fully saturated rings. The summed E-state index contributed by atoms with van der Waals surface area (Å²) in [5.74, 6) is -0.770. The van der Waals surface area contributed by atoms with Crippen molar-refractivity contribution in [1.29, 1.82) is 0 Å². The number of anilines is 1. The van der Waals surface area contributed by atoms with E-state index in [0.717, 1.165) is 23.4 Å². The zero-order valence-electron chi connectivity index (χ0n) is 20.0. The molecular formula is C24H30FN3O6S. The molecule has 9 nitrogen and oxygen atoms in total. The van der Waals surface area contributed by atoms with Crippen molar-refractivity contribution in [2.24, 2.45) is 0 Å². The van der Waals surface area contributed by atoms with E-state index in [9.17, 15) is 22.4 Å². The maximum absolute atomic E-state index is 14.4. The van der Waals surface area contributed by atoms with Gasteiger partial charge in [0.05, 0.1) is 11.9 Å². The lowest BCUT2D eigenvalue weighted by molar-refractivity contribution is -0.139. The monoisotopic (exact) mass is 507 g/mol. The molecule has 1 N–H and O–H groups in total. The highest BCUT2D eigenvalue weighted by atomic mass is 32.2. The van der Waals surface area contributed by atoms with E-state index in [1.807, 2.05) is 6.92 Å². The van der Waals surface area contributed by atoms with E-state index in [1.54, 1.807) is 12.1 Å². The average Bonchev–Trinajstić information content (AvgIpc) is 3.28. The van der Waals surface area contributed by atoms with Crippen LogP contribution < -0.4 is 19.1 Å². The maximum Gasteiger partial charge on any atom is 0.244 e. The molecule has 11 heteroatoms. The van der Waals surface area contributed by atoms with Crippen molar-refractivity contribution in [3.63, 3.8) is 0 Å². The highest BCUT2D eigenvalue weighted by Crippen LogP contribution is 2.36. The second-order valence-electron chi connectivity index (χ2n) is 8.24. The molecule has 1 aliphatic heterocycles. The van der Waals surface area contributed by atoms with Gasteiger partial charge in [0.15, 0.2) is 11.5 Å². The van der Waals surface area contributed by atoms with Gasteiger partial charge in [-0.1, -0.05) is 31.5 Å². The smallest absolute Gasteiger partial charge is 0.244 e. The van der Waals surface area contributed by atoms with Crippen molar-refractivity contribution in [2.75, 3.05) is 30.4 Å². The number of hydrogen-bond donors (Lipinski definition) is 1. The number of carbonyl (C=O) groups is 2. The molecule has 0 radical (unpaired) electrons. The van der Waals surface area contributed by atoms with Crippen LogP contribution in [-0.4, -0.2) is 57.3 Å². The zero-order chi connectivity index (χ0) is 25.6. The zero-order valence-corrected chi connectivity index (χ0v) is 20.8. The van der Waals surface area contributed by atoms with Crippen molar-refractivity contribution in [2.45, 2.75) is 39.3 Å². The van der Waals surface area contributed by atoms with Crippen LogP contribution in [-0.2, 0) is 26.2 Å². The van der Waals surface area contributed by atoms with Crippen LogP contribution in [0.2, 0.25) is 0 Å². The summed E-state index contributed by atoms with van der Waals surface area (Å²) < 4.78 is 51.2. The van der Waals surface area contributed by atoms with E-state index < -0.39 is 40.2 Å². The standard InChI is InChI=1S/C24H30FN3O6S/c1-4-5-12-26-24(30)17(2)27(14-18-8-6-7-9-20(18)25)23(29)15-28(35(3,31)32)19-10-11-21-22(13-19)34-16-33-21/h6-11,13,17H,4-5,12,14-16H2,1-3H3,(H,26,30). The van der Waals surface area contributed by atoms with Gasteiger partial charge in [-0.25, -0.2) is 12.8 Å². The van der Waals surface area contributed by atoms with Crippen molar-refractivity contribution < 1.29 is 31.9 Å². The first-order valence-electron chi connectivity index (χ1n) is 11.3. The van der Waals surface area contributed by atoms with Gasteiger partial charge in [-0.2, -0.15) is 0 Å². The van der Waals surface area contributed by atoms with Crippen LogP contribution >= 0.6 is 0 Å². The van der Waals surface area contributed by atoms with E-state index in [4.69, 9.17) is 9.47 Å². The SMILES string of the molecule is CCCCNC(=O)C(C)N(Cc1ccccc1F)C(=O)CN(c1ccc2c(c1)OCO2)S(C)(=O)=O. The first-order valence-corrected chi connectivity index (χ1v) is 13.1. The highest BCUT2D eigenvalue weighted by Gasteiger charge is 2.31. The van der Waals surface area contributed by atoms with Gasteiger partial charge in [0.25, 0.3) is 0 Å². The van der Waals surface area contributed by atoms with Crippen LogP contribution in [0, 0.1) is 5.82 Å². The quantitative estimate of drug-likeness (QED) is 0.469. The van der Waals surface area contributed by atoms with Gasteiger partial charge < -0.3 is 19.7 Å². The first-order chi connectivity index (χ1) is 16.6. The van der Waals surface area contributed by atoms with Gasteiger partial charge in [0, 0.05) is 24.7 Å². The second-order valence-corrected chi connectivity index (χ2v) is 10.1. The van der Waals surface area contributed by atoms with Crippen LogP contribution in [0.4, 0.5) is 10.1 Å². The lowest BCUT2D eigenvalue weighted by Crippen LogP contribution is -2.51. The van der Waals surface area contributed by atoms with Crippen LogP contribution in [0.15, 0.2) is 42.5 Å². The first kappa shape index (κ1) is 26.3. The molecule has 1 aliphatic rings. The number of benzene rings is 2. The molecule has 35 heavy (non-hydrogen) atoms. The van der Waals surface area contributed by atoms with Crippen LogP contribution in [0.1, 0.15) is 32.3 Å². The molecule has 1 heterocycles. The summed E-state index contributed by atoms with van der Waals surface area (Å²) in [5.41, 5.74) is 0.416. The molecule has 0 aromatic heterocycles. The number of unbranched alkanes of at least 4 members (excludes halogenated alkanes) is 1. The lowest BCUT2D eigenvalue weighted by Gasteiger charge is -2.31. The minimum absolute atomic E-state index is 0.0116. The lowest BCUT2D eigenvalue weighted by atomic mass is 10.1. The molecule has 0 spiro atoms. The number of nitrogens with zero attached hydrogens (tertiary/aromatic N) is 2. The molecule has 0 aliphatic carbocycles. The van der Waals surface area contributed by atoms with Crippen LogP contribution in [0.3, 0.4) is 0 Å². The maximum atomic E-state index is 14.4. The summed E-state index contributed by atoms with van der Waals surface area (Å²) in [6.45, 7) is 3.18. The number of sulfonamides is 1. The normalized spacial score (nSPS) is 13.3. The molecule has 2 aromatic carbocycles. The van der Waals surface area contributed by atoms with Crippen molar-refractivity contribution >= 4 is 27.5 Å². The Morgan fingerprint density at radius 2 is 1.86 bits per heavy atom. The molecule has 1 atom stereocenters. The van der Waals surface area contributed by atoms with Crippen molar-refractivity contribution in [3.8, 4) is 11.5 Å². The number of fused-ring (bicyclic) bond motifs is 1. The van der Waals surface area contributed by atoms with E-state index >= 15 is 0 Å². The molecular weight excluding hydrogens is 477 g/mol. The Bertz CT molecular complexity index is 1170. The average molecular weight is 508 g/mol. The molecule has 3 rings (SSSR count). The van der Waals surface area contributed by atoms with Gasteiger partial charge in [-0.05, 0) is 31.5 Å². The molecule has 0 bridgehead atoms. The number of amides is 2. The van der Waals surface area contributed by atoms with E-state index in [-0.39, 0.29) is 24.6 Å². The third kappa shape index (κ3) is 6.62. The number of nitrogens with one attached hydrogen (secondary N) is 1. The third-order valence-corrected chi connectivity index (χ3v) is 6.76. The number of hydrogen-bond acceptors (Lipinski definition) is 6. The van der Waals surface area contributed by atoms with Gasteiger partial charge in [-0.15, -0.1) is 0 Å². The van der Waals surface area contributed by atoms with Gasteiger partial charge in [0.2, 0.25) is 28.6 Å². The summed E-state index contributed by atoms with van der Waals surface area (Å²) in [6.07, 6.45) is 2.63. The Kier molecular flexibility index (Phi) is 8.55. The fraction of sp³-hybridized carbons (Fsp3) is 0.417. The summed E-state index contributed by atoms with van der Waals surface area (Å²) >= 11 is 0. The number of carbonyl (C=O) groups excluding carboxylic acids is 2. The minimum Gasteiger partial charge on any atom is -0.454 e. The molecule has 0 saturated carbocycles. The van der Waals surface area contributed by atoms with Gasteiger partial charge >= 0.3 is 0 Å². The number of rotatable bonds is 11. The topological polar surface area (TPSA) is 105 Å². The van der Waals surface area contributed by atoms with Crippen molar-refractivity contribution in [3.05, 3.63) is 53.8 Å². The second kappa shape index (κ2) is 11.4. The molecule has 0 saturated heterocycles. The third-order valence-electron chi connectivity index (χ3n) is 5.62. The summed E-state index contributed by atoms with van der Waals surface area (Å²) in [6, 6.07) is 9.50. The van der Waals surface area contributed by atoms with Gasteiger partial charge in [0.1, 0.15) is 18.4 Å². The Morgan fingerprint density at radius 3 is 2.54 bits per heavy atom. The summed E-state index contributed by atoms with van der Waals surface area (Å²) in [5, 5.41) is 2.77. The molecule has 2 aromatic rings. The fourth-order valence-electron chi connectivity index (χ4n) is 3.58. The van der Waals surface area contributed by atoms with Gasteiger partial charge in [-0.3, -0.25) is 13.9 Å². The Morgan fingerprint density at radius 1 is 1.14 bits per heavy atom. The Labute approximate surface area is 204 Å². The predicted molar refractivity (Wildman–Crippen MR) is 129 cm³/mol. The highest BCUT2D eigenvalue weighted by molar-refractivity contribution is 7.92. The molecule has 1 unspecified atom stereocenters. The predicted octanol–water partition coefficient (Wildman–Crippen LogP) is 2.65. The fourth-order valence-corrected chi connectivity index (χ4v) is 4.42. The minimum atomic E-state index is -3.89. The largest absolute Gasteiger partial charge is 0.454 e. The Hall–Kier alpha value is -3.34. The number of halogens is 1.